The molecule has 0 aliphatic heterocycles. The molecule has 2 nitrogen and oxygen atoms in total. The summed E-state index contributed by atoms with van der Waals surface area (Å²) in [5.74, 6) is 0.376. The molecule has 5 heteroatoms. The first-order valence-electron chi connectivity index (χ1n) is 6.08. The molecule has 1 aromatic rings. The summed E-state index contributed by atoms with van der Waals surface area (Å²) in [5, 5.41) is 10.1. The van der Waals surface area contributed by atoms with E-state index in [1.165, 1.54) is 0 Å². The van der Waals surface area contributed by atoms with E-state index in [0.29, 0.717) is 5.92 Å². The van der Waals surface area contributed by atoms with E-state index in [9.17, 15) is 18.3 Å². The van der Waals surface area contributed by atoms with Gasteiger partial charge in [0.15, 0.2) is 0 Å². The number of aliphatic hydroxyl groups is 1. The van der Waals surface area contributed by atoms with Crippen LogP contribution in [0, 0.1) is 11.8 Å². The lowest BCUT2D eigenvalue weighted by Gasteiger charge is -2.21. The lowest BCUT2D eigenvalue weighted by molar-refractivity contribution is -0.139. The van der Waals surface area contributed by atoms with Gasteiger partial charge in [-0.2, -0.15) is 13.2 Å². The predicted octanol–water partition coefficient (Wildman–Crippen LogP) is 3.57. The molecule has 1 heterocycles. The number of hydrogen-bond donors (Lipinski definition) is 1. The molecular weight excluding hydrogens is 243 g/mol. The fraction of sp³-hybridized carbons (Fsp3) is 0.615. The average Bonchev–Trinajstić information content (AvgIpc) is 2.74. The smallest absolute Gasteiger partial charge is 0.388 e. The third-order valence-electron chi connectivity index (χ3n) is 3.66. The molecule has 1 aliphatic carbocycles. The molecule has 0 radical (unpaired) electrons. The number of rotatable bonds is 2. The molecule has 0 saturated heterocycles. The van der Waals surface area contributed by atoms with E-state index in [1.54, 1.807) is 0 Å². The fourth-order valence-corrected chi connectivity index (χ4v) is 2.69. The molecule has 1 fully saturated rings. The van der Waals surface area contributed by atoms with Crippen molar-refractivity contribution in [2.75, 3.05) is 0 Å². The van der Waals surface area contributed by atoms with Crippen molar-refractivity contribution in [3.05, 3.63) is 29.6 Å². The first-order chi connectivity index (χ1) is 8.39. The second-order valence-electron chi connectivity index (χ2n) is 5.08. The Balaban J connectivity index is 2.28. The lowest BCUT2D eigenvalue weighted by Crippen LogP contribution is -2.17. The topological polar surface area (TPSA) is 33.1 Å². The summed E-state index contributed by atoms with van der Waals surface area (Å²) in [6.07, 6.45) is -0.762. The predicted molar refractivity (Wildman–Crippen MR) is 60.7 cm³/mol. The van der Waals surface area contributed by atoms with E-state index in [1.807, 2.05) is 0 Å². The van der Waals surface area contributed by atoms with Gasteiger partial charge in [0.1, 0.15) is 0 Å². The first kappa shape index (κ1) is 13.3. The van der Waals surface area contributed by atoms with Crippen molar-refractivity contribution in [2.45, 2.75) is 38.5 Å². The lowest BCUT2D eigenvalue weighted by atomic mass is 9.92. The highest BCUT2D eigenvalue weighted by Crippen LogP contribution is 2.42. The molecule has 3 unspecified atom stereocenters. The number of alkyl halides is 3. The quantitative estimate of drug-likeness (QED) is 0.880. The molecule has 0 spiro atoms. The zero-order valence-electron chi connectivity index (χ0n) is 10.1. The summed E-state index contributed by atoms with van der Waals surface area (Å²) in [5.41, 5.74) is -0.867. The van der Waals surface area contributed by atoms with Crippen LogP contribution in [0.4, 0.5) is 13.2 Å². The van der Waals surface area contributed by atoms with Gasteiger partial charge in [-0.15, -0.1) is 0 Å². The summed E-state index contributed by atoms with van der Waals surface area (Å²) < 4.78 is 38.5. The van der Waals surface area contributed by atoms with Gasteiger partial charge < -0.3 is 5.11 Å². The van der Waals surface area contributed by atoms with Gasteiger partial charge in [-0.25, -0.2) is 0 Å². The van der Waals surface area contributed by atoms with Gasteiger partial charge in [0.25, 0.3) is 0 Å². The van der Waals surface area contributed by atoms with Crippen LogP contribution in [0.15, 0.2) is 18.5 Å². The molecule has 100 valence electrons. The number of pyridine rings is 1. The molecule has 1 aromatic heterocycles. The van der Waals surface area contributed by atoms with Crippen LogP contribution < -0.4 is 0 Å². The molecule has 3 atom stereocenters. The van der Waals surface area contributed by atoms with Crippen LogP contribution in [0.5, 0.6) is 0 Å². The van der Waals surface area contributed by atoms with E-state index >= 15 is 0 Å². The van der Waals surface area contributed by atoms with Crippen molar-refractivity contribution in [3.63, 3.8) is 0 Å². The van der Waals surface area contributed by atoms with Crippen LogP contribution in [0.25, 0.3) is 0 Å². The van der Waals surface area contributed by atoms with Crippen molar-refractivity contribution >= 4 is 0 Å². The van der Waals surface area contributed by atoms with Gasteiger partial charge in [0.2, 0.25) is 0 Å². The van der Waals surface area contributed by atoms with E-state index in [2.05, 4.69) is 11.9 Å². The van der Waals surface area contributed by atoms with Crippen LogP contribution in [-0.2, 0) is 6.18 Å². The SMILES string of the molecule is CC1CCC(C(O)c2cnccc2C(F)(F)F)C1. The Morgan fingerprint density at radius 3 is 2.67 bits per heavy atom. The molecule has 0 amide bonds. The molecule has 1 N–H and O–H groups in total. The van der Waals surface area contributed by atoms with Gasteiger partial charge >= 0.3 is 6.18 Å². The van der Waals surface area contributed by atoms with Gasteiger partial charge in [-0.1, -0.05) is 13.3 Å². The highest BCUT2D eigenvalue weighted by molar-refractivity contribution is 5.28. The molecule has 0 bridgehead atoms. The second kappa shape index (κ2) is 4.88. The minimum atomic E-state index is -4.44. The van der Waals surface area contributed by atoms with Gasteiger partial charge in [-0.3, -0.25) is 4.98 Å². The minimum Gasteiger partial charge on any atom is -0.388 e. The highest BCUT2D eigenvalue weighted by Gasteiger charge is 2.38. The number of hydrogen-bond acceptors (Lipinski definition) is 2. The Labute approximate surface area is 104 Å². The second-order valence-corrected chi connectivity index (χ2v) is 5.08. The summed E-state index contributed by atoms with van der Waals surface area (Å²) in [6.45, 7) is 2.06. The summed E-state index contributed by atoms with van der Waals surface area (Å²) in [7, 11) is 0. The number of nitrogens with zero attached hydrogens (tertiary/aromatic N) is 1. The Morgan fingerprint density at radius 1 is 1.39 bits per heavy atom. The summed E-state index contributed by atoms with van der Waals surface area (Å²) in [6, 6.07) is 0.928. The highest BCUT2D eigenvalue weighted by atomic mass is 19.4. The molecule has 1 aliphatic rings. The Bertz CT molecular complexity index is 419. The number of aromatic nitrogens is 1. The Morgan fingerprint density at radius 2 is 2.11 bits per heavy atom. The summed E-state index contributed by atoms with van der Waals surface area (Å²) >= 11 is 0. The van der Waals surface area contributed by atoms with Crippen molar-refractivity contribution in [1.82, 2.24) is 4.98 Å². The fourth-order valence-electron chi connectivity index (χ4n) is 2.69. The standard InChI is InChI=1S/C13H16F3NO/c1-8-2-3-9(6-8)12(18)10-7-17-5-4-11(10)13(14,15)16/h4-5,7-9,12,18H,2-3,6H2,1H3. The van der Waals surface area contributed by atoms with E-state index in [-0.39, 0.29) is 11.5 Å². The van der Waals surface area contributed by atoms with Crippen molar-refractivity contribution < 1.29 is 18.3 Å². The van der Waals surface area contributed by atoms with Crippen molar-refractivity contribution in [3.8, 4) is 0 Å². The largest absolute Gasteiger partial charge is 0.416 e. The van der Waals surface area contributed by atoms with E-state index < -0.39 is 17.8 Å². The van der Waals surface area contributed by atoms with Crippen LogP contribution in [-0.4, -0.2) is 10.1 Å². The molecule has 18 heavy (non-hydrogen) atoms. The number of halogens is 3. The average molecular weight is 259 g/mol. The molecule has 2 rings (SSSR count). The van der Waals surface area contributed by atoms with Crippen LogP contribution in [0.3, 0.4) is 0 Å². The molecule has 0 aromatic carbocycles. The maximum atomic E-state index is 12.8. The van der Waals surface area contributed by atoms with Crippen molar-refractivity contribution in [2.24, 2.45) is 11.8 Å². The van der Waals surface area contributed by atoms with Gasteiger partial charge in [0.05, 0.1) is 11.7 Å². The van der Waals surface area contributed by atoms with Crippen LogP contribution >= 0.6 is 0 Å². The third-order valence-corrected chi connectivity index (χ3v) is 3.66. The molecule has 1 saturated carbocycles. The van der Waals surface area contributed by atoms with E-state index in [4.69, 9.17) is 0 Å². The van der Waals surface area contributed by atoms with Gasteiger partial charge in [-0.05, 0) is 30.7 Å². The zero-order valence-corrected chi connectivity index (χ0v) is 10.1. The number of aliphatic hydroxyl groups excluding tert-OH is 1. The van der Waals surface area contributed by atoms with Crippen molar-refractivity contribution in [1.29, 1.82) is 0 Å². The zero-order chi connectivity index (χ0) is 13.3. The minimum absolute atomic E-state index is 0.0923. The normalized spacial score (nSPS) is 26.3. The van der Waals surface area contributed by atoms with Crippen LogP contribution in [0.1, 0.15) is 43.4 Å². The maximum absolute atomic E-state index is 12.8. The third kappa shape index (κ3) is 2.66. The van der Waals surface area contributed by atoms with Gasteiger partial charge in [0, 0.05) is 18.0 Å². The van der Waals surface area contributed by atoms with E-state index in [0.717, 1.165) is 37.7 Å². The monoisotopic (exact) mass is 259 g/mol. The molecular formula is C13H16F3NO. The first-order valence-corrected chi connectivity index (χ1v) is 6.08. The maximum Gasteiger partial charge on any atom is 0.416 e. The Kier molecular flexibility index (Phi) is 3.61. The Hall–Kier alpha value is -1.10. The summed E-state index contributed by atoms with van der Waals surface area (Å²) in [4.78, 5) is 3.71. The van der Waals surface area contributed by atoms with Crippen LogP contribution in [0.2, 0.25) is 0 Å².